The molecule has 0 radical (unpaired) electrons. The first-order valence-corrected chi connectivity index (χ1v) is 7.27. The lowest BCUT2D eigenvalue weighted by Gasteiger charge is -2.08. The van der Waals surface area contributed by atoms with Gasteiger partial charge >= 0.3 is 0 Å². The van der Waals surface area contributed by atoms with Crippen molar-refractivity contribution in [1.82, 2.24) is 0 Å². The van der Waals surface area contributed by atoms with Crippen LogP contribution in [-0.2, 0) is 16.0 Å². The van der Waals surface area contributed by atoms with Gasteiger partial charge in [-0.25, -0.2) is 4.39 Å². The van der Waals surface area contributed by atoms with E-state index in [1.54, 1.807) is 6.07 Å². The second kappa shape index (κ2) is 7.74. The van der Waals surface area contributed by atoms with Crippen molar-refractivity contribution < 1.29 is 13.9 Å². The van der Waals surface area contributed by atoms with Crippen LogP contribution in [-0.4, -0.2) is 6.47 Å². The molecule has 0 N–H and O–H groups in total. The summed E-state index contributed by atoms with van der Waals surface area (Å²) < 4.78 is 19.3. The normalized spacial score (nSPS) is 11.2. The van der Waals surface area contributed by atoms with E-state index < -0.39 is 0 Å². The van der Waals surface area contributed by atoms with E-state index in [1.807, 2.05) is 36.4 Å². The fourth-order valence-electron chi connectivity index (χ4n) is 2.03. The van der Waals surface area contributed by atoms with Crippen molar-refractivity contribution in [2.45, 2.75) is 12.8 Å². The van der Waals surface area contributed by atoms with Gasteiger partial charge in [-0.15, -0.1) is 0 Å². The molecule has 2 aromatic carbocycles. The van der Waals surface area contributed by atoms with E-state index in [9.17, 15) is 9.18 Å². The summed E-state index contributed by atoms with van der Waals surface area (Å²) in [6.07, 6.45) is 2.53. The highest BCUT2D eigenvalue weighted by molar-refractivity contribution is 9.10. The van der Waals surface area contributed by atoms with Crippen LogP contribution in [0.25, 0.3) is 5.57 Å². The second-order valence-electron chi connectivity index (χ2n) is 4.48. The molecule has 0 fully saturated rings. The summed E-state index contributed by atoms with van der Waals surface area (Å²) in [6.45, 7) is 0.378. The molecule has 21 heavy (non-hydrogen) atoms. The molecule has 0 atom stereocenters. The minimum absolute atomic E-state index is 0.243. The number of allylic oxidation sites excluding steroid dienone is 1. The zero-order valence-electron chi connectivity index (χ0n) is 11.3. The van der Waals surface area contributed by atoms with Crippen molar-refractivity contribution in [3.8, 4) is 0 Å². The second-order valence-corrected chi connectivity index (χ2v) is 5.39. The Morgan fingerprint density at radius 2 is 1.95 bits per heavy atom. The van der Waals surface area contributed by atoms with E-state index in [0.717, 1.165) is 11.1 Å². The van der Waals surface area contributed by atoms with E-state index >= 15 is 0 Å². The zero-order chi connectivity index (χ0) is 15.1. The number of hydrogen-bond acceptors (Lipinski definition) is 2. The lowest BCUT2D eigenvalue weighted by molar-refractivity contribution is -0.123. The summed E-state index contributed by atoms with van der Waals surface area (Å²) in [7, 11) is 0. The molecule has 108 valence electrons. The maximum Gasteiger partial charge on any atom is 0.297 e. The molecule has 0 aliphatic heterocycles. The summed E-state index contributed by atoms with van der Waals surface area (Å²) >= 11 is 3.24. The van der Waals surface area contributed by atoms with Crippen molar-refractivity contribution in [2.24, 2.45) is 0 Å². The molecule has 0 saturated heterocycles. The monoisotopic (exact) mass is 348 g/mol. The number of rotatable bonds is 6. The van der Waals surface area contributed by atoms with Crippen LogP contribution in [0.2, 0.25) is 0 Å². The van der Waals surface area contributed by atoms with E-state index in [4.69, 9.17) is 4.74 Å². The molecule has 0 bridgehead atoms. The first kappa shape index (κ1) is 15.4. The van der Waals surface area contributed by atoms with Gasteiger partial charge in [0.1, 0.15) is 5.82 Å². The summed E-state index contributed by atoms with van der Waals surface area (Å²) in [6, 6.07) is 14.6. The maximum absolute atomic E-state index is 13.8. The quantitative estimate of drug-likeness (QED) is 0.556. The third kappa shape index (κ3) is 4.53. The maximum atomic E-state index is 13.8. The van der Waals surface area contributed by atoms with Crippen molar-refractivity contribution in [1.29, 1.82) is 0 Å². The van der Waals surface area contributed by atoms with Crippen LogP contribution in [0.15, 0.2) is 59.3 Å². The molecule has 4 heteroatoms. The van der Waals surface area contributed by atoms with E-state index in [0.29, 0.717) is 29.4 Å². The highest BCUT2D eigenvalue weighted by Gasteiger charge is 2.07. The fourth-order valence-corrected chi connectivity index (χ4v) is 2.36. The van der Waals surface area contributed by atoms with Gasteiger partial charge in [-0.05, 0) is 41.7 Å². The molecule has 0 heterocycles. The van der Waals surface area contributed by atoms with Crippen LogP contribution in [0.3, 0.4) is 0 Å². The Bertz CT molecular complexity index is 638. The van der Waals surface area contributed by atoms with Gasteiger partial charge in [0, 0.05) is 4.47 Å². The Morgan fingerprint density at radius 3 is 2.62 bits per heavy atom. The number of benzene rings is 2. The number of ether oxygens (including phenoxy) is 1. The molecular weight excluding hydrogens is 335 g/mol. The summed E-state index contributed by atoms with van der Waals surface area (Å²) in [5, 5.41) is 0. The highest BCUT2D eigenvalue weighted by atomic mass is 79.9. The molecular formula is C17H14BrFO2. The van der Waals surface area contributed by atoms with Gasteiger partial charge in [-0.1, -0.05) is 52.3 Å². The first-order chi connectivity index (χ1) is 10.2. The average molecular weight is 349 g/mol. The minimum Gasteiger partial charge on any atom is -0.436 e. The molecule has 0 amide bonds. The topological polar surface area (TPSA) is 26.3 Å². The van der Waals surface area contributed by atoms with Crippen LogP contribution >= 0.6 is 15.9 Å². The Balaban J connectivity index is 2.14. The number of aryl methyl sites for hydroxylation is 1. The van der Waals surface area contributed by atoms with Crippen LogP contribution in [0.5, 0.6) is 0 Å². The zero-order valence-corrected chi connectivity index (χ0v) is 12.8. The van der Waals surface area contributed by atoms with Gasteiger partial charge in [0.15, 0.2) is 0 Å². The van der Waals surface area contributed by atoms with Gasteiger partial charge in [-0.2, -0.15) is 0 Å². The standard InChI is InChI=1S/C17H14BrFO2/c18-16-9-8-14(17(19)10-16)6-7-15(11-21-12-20)13-4-2-1-3-5-13/h1-5,8-12H,6-7H2/b15-11+. The van der Waals surface area contributed by atoms with Gasteiger partial charge < -0.3 is 4.74 Å². The van der Waals surface area contributed by atoms with Crippen molar-refractivity contribution >= 4 is 28.0 Å². The molecule has 2 nitrogen and oxygen atoms in total. The minimum atomic E-state index is -0.243. The van der Waals surface area contributed by atoms with Gasteiger partial charge in [0.05, 0.1) is 6.26 Å². The third-order valence-corrected chi connectivity index (χ3v) is 3.58. The van der Waals surface area contributed by atoms with Crippen molar-refractivity contribution in [2.75, 3.05) is 0 Å². The molecule has 0 unspecified atom stereocenters. The van der Waals surface area contributed by atoms with Gasteiger partial charge in [0.2, 0.25) is 0 Å². The summed E-state index contributed by atoms with van der Waals surface area (Å²) in [4.78, 5) is 10.4. The Labute approximate surface area is 131 Å². The van der Waals surface area contributed by atoms with Crippen LogP contribution in [0, 0.1) is 5.82 Å². The fraction of sp³-hybridized carbons (Fsp3) is 0.118. The number of halogens is 2. The first-order valence-electron chi connectivity index (χ1n) is 6.48. The van der Waals surface area contributed by atoms with Crippen molar-refractivity contribution in [3.05, 3.63) is 76.2 Å². The third-order valence-electron chi connectivity index (χ3n) is 3.09. The van der Waals surface area contributed by atoms with E-state index in [-0.39, 0.29) is 5.82 Å². The highest BCUT2D eigenvalue weighted by Crippen LogP contribution is 2.23. The number of carbonyl (C=O) groups excluding carboxylic acids is 1. The predicted molar refractivity (Wildman–Crippen MR) is 84.0 cm³/mol. The molecule has 0 aliphatic carbocycles. The Hall–Kier alpha value is -1.94. The molecule has 2 aromatic rings. The van der Waals surface area contributed by atoms with Gasteiger partial charge in [-0.3, -0.25) is 4.79 Å². The average Bonchev–Trinajstić information content (AvgIpc) is 2.50. The smallest absolute Gasteiger partial charge is 0.297 e. The predicted octanol–water partition coefficient (Wildman–Crippen LogP) is 4.73. The molecule has 0 spiro atoms. The lowest BCUT2D eigenvalue weighted by atomic mass is 9.99. The largest absolute Gasteiger partial charge is 0.436 e. The Morgan fingerprint density at radius 1 is 1.19 bits per heavy atom. The van der Waals surface area contributed by atoms with E-state index in [2.05, 4.69) is 15.9 Å². The van der Waals surface area contributed by atoms with Crippen LogP contribution in [0.4, 0.5) is 4.39 Å². The number of carbonyl (C=O) groups is 1. The molecule has 0 saturated carbocycles. The van der Waals surface area contributed by atoms with Crippen molar-refractivity contribution in [3.63, 3.8) is 0 Å². The van der Waals surface area contributed by atoms with Crippen LogP contribution in [0.1, 0.15) is 17.5 Å². The van der Waals surface area contributed by atoms with Crippen LogP contribution < -0.4 is 0 Å². The molecule has 2 rings (SSSR count). The molecule has 0 aromatic heterocycles. The molecule has 0 aliphatic rings. The summed E-state index contributed by atoms with van der Waals surface area (Å²) in [5.74, 6) is -0.243. The SMILES string of the molecule is O=CO/C=C(\CCc1ccc(Br)cc1F)c1ccccc1. The lowest BCUT2D eigenvalue weighted by Crippen LogP contribution is -1.94. The number of hydrogen-bond donors (Lipinski definition) is 0. The Kier molecular flexibility index (Phi) is 5.69. The summed E-state index contributed by atoms with van der Waals surface area (Å²) in [5.41, 5.74) is 2.44. The van der Waals surface area contributed by atoms with E-state index in [1.165, 1.54) is 12.3 Å². The van der Waals surface area contributed by atoms with Gasteiger partial charge in [0.25, 0.3) is 6.47 Å².